The highest BCUT2D eigenvalue weighted by Gasteiger charge is 2.26. The Balaban J connectivity index is 0.00000450. The van der Waals surface area contributed by atoms with Crippen molar-refractivity contribution >= 4 is 52.3 Å². The maximum absolute atomic E-state index is 12.2. The Hall–Kier alpha value is -0.740. The van der Waals surface area contributed by atoms with Crippen LogP contribution in [0.25, 0.3) is 0 Å². The van der Waals surface area contributed by atoms with Gasteiger partial charge < -0.3 is 20.1 Å². The van der Waals surface area contributed by atoms with Crippen LogP contribution in [-0.2, 0) is 17.3 Å². The van der Waals surface area contributed by atoms with Crippen molar-refractivity contribution in [2.75, 3.05) is 26.0 Å². The summed E-state index contributed by atoms with van der Waals surface area (Å²) in [6, 6.07) is 4.06. The lowest BCUT2D eigenvalue weighted by Crippen LogP contribution is -2.46. The van der Waals surface area contributed by atoms with E-state index in [1.165, 1.54) is 0 Å². The quantitative estimate of drug-likeness (QED) is 0.259. The van der Waals surface area contributed by atoms with Gasteiger partial charge in [-0.3, -0.25) is 4.21 Å². The summed E-state index contributed by atoms with van der Waals surface area (Å²) in [7, 11) is 0.866. The minimum absolute atomic E-state index is 0. The number of halogens is 2. The molecule has 0 spiro atoms. The number of guanidine groups is 1. The summed E-state index contributed by atoms with van der Waals surface area (Å²) in [5, 5.41) is 7.63. The van der Waals surface area contributed by atoms with E-state index >= 15 is 0 Å². The Labute approximate surface area is 205 Å². The van der Waals surface area contributed by atoms with Crippen molar-refractivity contribution in [3.63, 3.8) is 0 Å². The minimum atomic E-state index is -0.737. The van der Waals surface area contributed by atoms with Crippen LogP contribution >= 0.6 is 35.6 Å². The Morgan fingerprint density at radius 1 is 1.30 bits per heavy atom. The lowest BCUT2D eigenvalue weighted by atomic mass is 9.95. The van der Waals surface area contributed by atoms with Gasteiger partial charge in [0.1, 0.15) is 0 Å². The van der Waals surface area contributed by atoms with Crippen molar-refractivity contribution in [3.8, 4) is 11.5 Å². The van der Waals surface area contributed by atoms with Crippen LogP contribution in [0, 0.1) is 0 Å². The molecule has 1 fully saturated rings. The summed E-state index contributed by atoms with van der Waals surface area (Å²) in [4.78, 5) is 4.72. The molecule has 0 radical (unpaired) electrons. The average Bonchev–Trinajstić information content (AvgIpc) is 2.73. The largest absolute Gasteiger partial charge is 0.493 e. The molecule has 1 aromatic rings. The van der Waals surface area contributed by atoms with Gasteiger partial charge in [-0.25, -0.2) is 4.99 Å². The Morgan fingerprint density at radius 3 is 2.70 bits per heavy atom. The third kappa shape index (κ3) is 8.07. The van der Waals surface area contributed by atoms with Crippen LogP contribution in [0.4, 0.5) is 0 Å². The zero-order chi connectivity index (χ0) is 21.2. The second-order valence-electron chi connectivity index (χ2n) is 7.04. The third-order valence-corrected chi connectivity index (χ3v) is 6.99. The van der Waals surface area contributed by atoms with Crippen molar-refractivity contribution in [3.05, 3.63) is 22.7 Å². The first-order valence-corrected chi connectivity index (χ1v) is 12.2. The molecule has 30 heavy (non-hydrogen) atoms. The van der Waals surface area contributed by atoms with Gasteiger partial charge in [0.05, 0.1) is 25.3 Å². The van der Waals surface area contributed by atoms with Gasteiger partial charge >= 0.3 is 0 Å². The first-order chi connectivity index (χ1) is 14.0. The van der Waals surface area contributed by atoms with Crippen molar-refractivity contribution < 1.29 is 13.7 Å². The summed E-state index contributed by atoms with van der Waals surface area (Å²) >= 11 is 6.37. The molecule has 2 rings (SSSR count). The standard InChI is InChI=1S/C21H34ClN3O3S.HI/c1-5-23-21(25-16-9-8-10-17(13-16)29(26)7-3)24-14-15-11-18(22)20(28-6-2)19(12-15)27-4;/h11-12,16-17H,5-10,13-14H2,1-4H3,(H2,23,24,25);1H. The summed E-state index contributed by atoms with van der Waals surface area (Å²) in [6.45, 7) is 7.71. The third-order valence-electron chi connectivity index (χ3n) is 4.97. The lowest BCUT2D eigenvalue weighted by molar-refractivity contribution is 0.311. The van der Waals surface area contributed by atoms with Gasteiger partial charge in [0.25, 0.3) is 0 Å². The molecule has 1 saturated carbocycles. The summed E-state index contributed by atoms with van der Waals surface area (Å²) in [5.74, 6) is 2.67. The number of nitrogens with one attached hydrogen (secondary N) is 2. The summed E-state index contributed by atoms with van der Waals surface area (Å²) in [5.41, 5.74) is 0.945. The molecule has 0 bridgehead atoms. The van der Waals surface area contributed by atoms with Crippen LogP contribution in [0.1, 0.15) is 52.0 Å². The molecule has 1 aliphatic rings. The van der Waals surface area contributed by atoms with Crippen LogP contribution in [-0.4, -0.2) is 47.5 Å². The molecule has 0 heterocycles. The topological polar surface area (TPSA) is 72.0 Å². The zero-order valence-corrected chi connectivity index (χ0v) is 22.2. The number of aliphatic imine (C=N–C) groups is 1. The number of benzene rings is 1. The average molecular weight is 572 g/mol. The van der Waals surface area contributed by atoms with E-state index in [0.29, 0.717) is 35.7 Å². The molecule has 3 atom stereocenters. The number of methoxy groups -OCH3 is 1. The smallest absolute Gasteiger partial charge is 0.191 e. The highest BCUT2D eigenvalue weighted by molar-refractivity contribution is 14.0. The lowest BCUT2D eigenvalue weighted by Gasteiger charge is -2.30. The van der Waals surface area contributed by atoms with Crippen LogP contribution in [0.3, 0.4) is 0 Å². The molecule has 172 valence electrons. The molecule has 9 heteroatoms. The predicted octanol–water partition coefficient (Wildman–Crippen LogP) is 4.50. The van der Waals surface area contributed by atoms with E-state index < -0.39 is 10.8 Å². The summed E-state index contributed by atoms with van der Waals surface area (Å²) < 4.78 is 23.2. The molecular formula is C21H35ClIN3O3S. The highest BCUT2D eigenvalue weighted by Crippen LogP contribution is 2.36. The van der Waals surface area contributed by atoms with Crippen molar-refractivity contribution in [2.45, 2.75) is 64.3 Å². The fourth-order valence-electron chi connectivity index (χ4n) is 3.58. The van der Waals surface area contributed by atoms with Gasteiger partial charge in [0.2, 0.25) is 0 Å². The van der Waals surface area contributed by atoms with Gasteiger partial charge in [-0.05, 0) is 50.8 Å². The van der Waals surface area contributed by atoms with E-state index in [9.17, 15) is 4.21 Å². The Kier molecular flexibility index (Phi) is 13.1. The number of hydrogen-bond acceptors (Lipinski definition) is 4. The van der Waals surface area contributed by atoms with Gasteiger partial charge in [-0.2, -0.15) is 0 Å². The van der Waals surface area contributed by atoms with E-state index in [0.717, 1.165) is 49.5 Å². The molecule has 3 unspecified atom stereocenters. The molecule has 1 aromatic carbocycles. The van der Waals surface area contributed by atoms with Crippen LogP contribution < -0.4 is 20.1 Å². The molecule has 0 saturated heterocycles. The number of hydrogen-bond donors (Lipinski definition) is 2. The maximum atomic E-state index is 12.2. The maximum Gasteiger partial charge on any atom is 0.191 e. The highest BCUT2D eigenvalue weighted by atomic mass is 127. The van der Waals surface area contributed by atoms with Gasteiger partial charge in [-0.15, -0.1) is 24.0 Å². The number of rotatable bonds is 9. The molecule has 6 nitrogen and oxygen atoms in total. The Morgan fingerprint density at radius 2 is 2.07 bits per heavy atom. The fraction of sp³-hybridized carbons (Fsp3) is 0.667. The van der Waals surface area contributed by atoms with Gasteiger partial charge in [0, 0.05) is 34.4 Å². The molecule has 1 aliphatic carbocycles. The second kappa shape index (κ2) is 14.3. The molecule has 0 aromatic heterocycles. The van der Waals surface area contributed by atoms with Crippen LogP contribution in [0.15, 0.2) is 17.1 Å². The number of ether oxygens (including phenoxy) is 2. The predicted molar refractivity (Wildman–Crippen MR) is 137 cm³/mol. The first kappa shape index (κ1) is 27.3. The van der Waals surface area contributed by atoms with Gasteiger partial charge in [0.15, 0.2) is 17.5 Å². The van der Waals surface area contributed by atoms with E-state index in [1.807, 2.05) is 32.9 Å². The molecule has 0 amide bonds. The van der Waals surface area contributed by atoms with Crippen LogP contribution in [0.5, 0.6) is 11.5 Å². The van der Waals surface area contributed by atoms with Crippen molar-refractivity contribution in [2.24, 2.45) is 4.99 Å². The first-order valence-electron chi connectivity index (χ1n) is 10.4. The number of nitrogens with zero attached hydrogens (tertiary/aromatic N) is 1. The monoisotopic (exact) mass is 571 g/mol. The van der Waals surface area contributed by atoms with E-state index in [2.05, 4.69) is 10.6 Å². The normalized spacial score (nSPS) is 20.1. The molecular weight excluding hydrogens is 537 g/mol. The SMILES string of the molecule is CCNC(=NCc1cc(Cl)c(OCC)c(OC)c1)NC1CCCC(S(=O)CC)C1.I. The van der Waals surface area contributed by atoms with Crippen LogP contribution in [0.2, 0.25) is 5.02 Å². The molecule has 2 N–H and O–H groups in total. The Bertz CT molecular complexity index is 721. The second-order valence-corrected chi connectivity index (χ2v) is 9.45. The van der Waals surface area contributed by atoms with E-state index in [1.54, 1.807) is 7.11 Å². The molecule has 0 aliphatic heterocycles. The summed E-state index contributed by atoms with van der Waals surface area (Å²) in [6.07, 6.45) is 4.15. The van der Waals surface area contributed by atoms with E-state index in [4.69, 9.17) is 26.1 Å². The van der Waals surface area contributed by atoms with Crippen molar-refractivity contribution in [1.82, 2.24) is 10.6 Å². The fourth-order valence-corrected chi connectivity index (χ4v) is 5.22. The van der Waals surface area contributed by atoms with E-state index in [-0.39, 0.29) is 29.2 Å². The van der Waals surface area contributed by atoms with Crippen molar-refractivity contribution in [1.29, 1.82) is 0 Å². The van der Waals surface area contributed by atoms with Gasteiger partial charge in [-0.1, -0.05) is 24.9 Å². The zero-order valence-electron chi connectivity index (χ0n) is 18.3. The minimum Gasteiger partial charge on any atom is -0.493 e.